The number of carboxylic acids is 1. The lowest BCUT2D eigenvalue weighted by atomic mass is 10.3. The number of nitrogens with zero attached hydrogens (tertiary/aromatic N) is 1. The molecule has 0 amide bonds. The molecule has 1 rings (SSSR count). The molecule has 0 spiro atoms. The van der Waals surface area contributed by atoms with Gasteiger partial charge >= 0.3 is 11.9 Å². The molecule has 0 aromatic carbocycles. The molecule has 1 heterocycles. The van der Waals surface area contributed by atoms with E-state index in [0.717, 1.165) is 0 Å². The van der Waals surface area contributed by atoms with Gasteiger partial charge in [0.25, 0.3) is 0 Å². The number of carboxylic acid groups (broad SMARTS) is 1. The van der Waals surface area contributed by atoms with E-state index < -0.39 is 23.0 Å². The third-order valence-electron chi connectivity index (χ3n) is 1.59. The maximum atomic E-state index is 10.1. The quantitative estimate of drug-likeness (QED) is 0.525. The van der Waals surface area contributed by atoms with Crippen LogP contribution in [-0.2, 0) is 4.79 Å². The van der Waals surface area contributed by atoms with E-state index in [4.69, 9.17) is 15.9 Å². The van der Waals surface area contributed by atoms with Crippen LogP contribution in [0.1, 0.15) is 25.7 Å². The van der Waals surface area contributed by atoms with Gasteiger partial charge in [-0.3, -0.25) is 14.9 Å². The Labute approximate surface area is 96.8 Å². The first-order chi connectivity index (χ1) is 7.75. The summed E-state index contributed by atoms with van der Waals surface area (Å²) in [6.07, 6.45) is -0.802. The Hall–Kier alpha value is -1.93. The lowest BCUT2D eigenvalue weighted by Gasteiger charge is -1.94. The Morgan fingerprint density at radius 3 is 2.18 bits per heavy atom. The molecule has 0 radical (unpaired) electrons. The molecule has 0 fully saturated rings. The van der Waals surface area contributed by atoms with Crippen molar-refractivity contribution in [1.82, 2.24) is 0 Å². The molecule has 96 valence electrons. The Bertz CT molecular complexity index is 385. The predicted molar refractivity (Wildman–Crippen MR) is 57.3 cm³/mol. The van der Waals surface area contributed by atoms with E-state index in [9.17, 15) is 14.9 Å². The molecule has 4 N–H and O–H groups in total. The van der Waals surface area contributed by atoms with Crippen molar-refractivity contribution in [1.29, 1.82) is 0 Å². The molecule has 17 heavy (non-hydrogen) atoms. The Kier molecular flexibility index (Phi) is 5.86. The zero-order valence-electron chi connectivity index (χ0n) is 9.36. The van der Waals surface area contributed by atoms with E-state index >= 15 is 0 Å². The molecule has 1 aromatic heterocycles. The number of nitrogens with two attached hydrogens (primary N) is 1. The first-order valence-electron chi connectivity index (χ1n) is 4.66. The monoisotopic (exact) mass is 246 g/mol. The van der Waals surface area contributed by atoms with Crippen molar-refractivity contribution < 1.29 is 24.3 Å². The van der Waals surface area contributed by atoms with Crippen molar-refractivity contribution in [2.75, 3.05) is 0 Å². The standard InChI is InChI=1S/C6H7NO4.C3H7NO2/c1-4(8)5-2-3-6(11-5)7(9)10;1-2(4)3(5)6/h2-4,8H,1H3;2H,4H2,1H3,(H,5,6)/t;2-/m.0/s1. The van der Waals surface area contributed by atoms with Crippen LogP contribution in [0.5, 0.6) is 0 Å². The van der Waals surface area contributed by atoms with Crippen LogP contribution in [-0.4, -0.2) is 27.1 Å². The van der Waals surface area contributed by atoms with Gasteiger partial charge in [-0.1, -0.05) is 0 Å². The molecular formula is C9H14N2O6. The van der Waals surface area contributed by atoms with Crippen LogP contribution in [0.4, 0.5) is 5.88 Å². The number of nitro groups is 1. The van der Waals surface area contributed by atoms with Gasteiger partial charge in [-0.2, -0.15) is 0 Å². The minimum atomic E-state index is -0.963. The fourth-order valence-corrected chi connectivity index (χ4v) is 0.665. The number of carbonyl (C=O) groups is 1. The van der Waals surface area contributed by atoms with Crippen LogP contribution in [0.15, 0.2) is 16.5 Å². The van der Waals surface area contributed by atoms with Crippen molar-refractivity contribution in [3.63, 3.8) is 0 Å². The van der Waals surface area contributed by atoms with Crippen LogP contribution in [0, 0.1) is 10.1 Å². The van der Waals surface area contributed by atoms with Gasteiger partial charge in [0.2, 0.25) is 0 Å². The minimum absolute atomic E-state index is 0.205. The number of furan rings is 1. The third-order valence-corrected chi connectivity index (χ3v) is 1.59. The van der Waals surface area contributed by atoms with Gasteiger partial charge in [0, 0.05) is 0 Å². The molecule has 1 aromatic rings. The van der Waals surface area contributed by atoms with E-state index in [2.05, 4.69) is 4.42 Å². The van der Waals surface area contributed by atoms with Crippen molar-refractivity contribution in [2.24, 2.45) is 5.73 Å². The van der Waals surface area contributed by atoms with Crippen molar-refractivity contribution >= 4 is 11.9 Å². The molecule has 2 atom stereocenters. The SMILES string of the molecule is CC(O)c1ccc([N+](=O)[O-])o1.C[C@H](N)C(=O)O. The second-order valence-electron chi connectivity index (χ2n) is 3.24. The summed E-state index contributed by atoms with van der Waals surface area (Å²) in [5, 5.41) is 26.8. The highest BCUT2D eigenvalue weighted by Gasteiger charge is 2.13. The maximum Gasteiger partial charge on any atom is 0.433 e. The Balaban J connectivity index is 0.000000366. The van der Waals surface area contributed by atoms with E-state index in [-0.39, 0.29) is 11.6 Å². The molecular weight excluding hydrogens is 232 g/mol. The number of rotatable bonds is 3. The van der Waals surface area contributed by atoms with Crippen molar-refractivity contribution in [3.8, 4) is 0 Å². The number of aliphatic carboxylic acids is 1. The van der Waals surface area contributed by atoms with Gasteiger partial charge in [-0.15, -0.1) is 0 Å². The van der Waals surface area contributed by atoms with Crippen LogP contribution >= 0.6 is 0 Å². The summed E-state index contributed by atoms with van der Waals surface area (Å²) >= 11 is 0. The second-order valence-corrected chi connectivity index (χ2v) is 3.24. The smallest absolute Gasteiger partial charge is 0.433 e. The molecule has 0 saturated carbocycles. The normalized spacial score (nSPS) is 13.2. The molecule has 0 aliphatic carbocycles. The third kappa shape index (κ3) is 5.64. The highest BCUT2D eigenvalue weighted by molar-refractivity contribution is 5.72. The summed E-state index contributed by atoms with van der Waals surface area (Å²) in [7, 11) is 0. The lowest BCUT2D eigenvalue weighted by molar-refractivity contribution is -0.402. The summed E-state index contributed by atoms with van der Waals surface area (Å²) in [4.78, 5) is 19.0. The fourth-order valence-electron chi connectivity index (χ4n) is 0.665. The molecule has 8 heteroatoms. The fraction of sp³-hybridized carbons (Fsp3) is 0.444. The second kappa shape index (κ2) is 6.61. The average Bonchev–Trinajstić information content (AvgIpc) is 2.66. The highest BCUT2D eigenvalue weighted by Crippen LogP contribution is 2.20. The predicted octanol–water partition coefficient (Wildman–Crippen LogP) is 0.659. The molecule has 8 nitrogen and oxygen atoms in total. The number of aliphatic hydroxyl groups is 1. The van der Waals surface area contributed by atoms with Crippen LogP contribution in [0.2, 0.25) is 0 Å². The number of aliphatic hydroxyl groups excluding tert-OH is 1. The van der Waals surface area contributed by atoms with Gasteiger partial charge in [-0.05, 0) is 19.9 Å². The van der Waals surface area contributed by atoms with E-state index in [0.29, 0.717) is 0 Å². The Morgan fingerprint density at radius 2 is 2.00 bits per heavy atom. The largest absolute Gasteiger partial charge is 0.480 e. The Morgan fingerprint density at radius 1 is 1.53 bits per heavy atom. The summed E-state index contributed by atoms with van der Waals surface area (Å²) in [6.45, 7) is 2.89. The minimum Gasteiger partial charge on any atom is -0.480 e. The van der Waals surface area contributed by atoms with Crippen LogP contribution in [0.25, 0.3) is 0 Å². The number of hydrogen-bond acceptors (Lipinski definition) is 6. The number of hydrogen-bond donors (Lipinski definition) is 3. The molecule has 0 saturated heterocycles. The first kappa shape index (κ1) is 15.1. The molecule has 0 bridgehead atoms. The van der Waals surface area contributed by atoms with Gasteiger partial charge in [0.05, 0.1) is 6.07 Å². The van der Waals surface area contributed by atoms with Crippen LogP contribution in [0.3, 0.4) is 0 Å². The van der Waals surface area contributed by atoms with Gasteiger partial charge < -0.3 is 20.4 Å². The van der Waals surface area contributed by atoms with Crippen LogP contribution < -0.4 is 5.73 Å². The first-order valence-corrected chi connectivity index (χ1v) is 4.66. The summed E-state index contributed by atoms with van der Waals surface area (Å²) in [5.74, 6) is -1.10. The molecule has 0 aliphatic heterocycles. The molecule has 1 unspecified atom stereocenters. The van der Waals surface area contributed by atoms with E-state index in [1.807, 2.05) is 0 Å². The lowest BCUT2D eigenvalue weighted by Crippen LogP contribution is -2.25. The zero-order valence-corrected chi connectivity index (χ0v) is 9.36. The van der Waals surface area contributed by atoms with E-state index in [1.165, 1.54) is 26.0 Å². The maximum absolute atomic E-state index is 10.1. The van der Waals surface area contributed by atoms with Crippen molar-refractivity contribution in [3.05, 3.63) is 28.0 Å². The van der Waals surface area contributed by atoms with E-state index in [1.54, 1.807) is 0 Å². The summed E-state index contributed by atoms with van der Waals surface area (Å²) in [6, 6.07) is 1.86. The van der Waals surface area contributed by atoms with Gasteiger partial charge in [-0.25, -0.2) is 0 Å². The summed E-state index contributed by atoms with van der Waals surface area (Å²) < 4.78 is 4.66. The van der Waals surface area contributed by atoms with Gasteiger partial charge in [0.15, 0.2) is 0 Å². The summed E-state index contributed by atoms with van der Waals surface area (Å²) in [5.41, 5.74) is 4.84. The van der Waals surface area contributed by atoms with Crippen molar-refractivity contribution in [2.45, 2.75) is 26.0 Å². The topological polar surface area (TPSA) is 140 Å². The highest BCUT2D eigenvalue weighted by atomic mass is 16.6. The van der Waals surface area contributed by atoms with Gasteiger partial charge in [0.1, 0.15) is 22.8 Å². The average molecular weight is 246 g/mol. The molecule has 0 aliphatic rings. The zero-order chi connectivity index (χ0) is 13.6.